The number of hydrogen-bond donors (Lipinski definition) is 0. The first-order valence-electron chi connectivity index (χ1n) is 9.66. The molecule has 0 atom stereocenters. The van der Waals surface area contributed by atoms with Gasteiger partial charge in [0.2, 0.25) is 5.91 Å². The summed E-state index contributed by atoms with van der Waals surface area (Å²) in [5, 5.41) is 9.60. The Morgan fingerprint density at radius 2 is 1.86 bits per heavy atom. The summed E-state index contributed by atoms with van der Waals surface area (Å²) < 4.78 is 2.06. The van der Waals surface area contributed by atoms with Crippen LogP contribution >= 0.6 is 11.6 Å². The van der Waals surface area contributed by atoms with Crippen LogP contribution in [0.1, 0.15) is 37.1 Å². The predicted octanol–water partition coefficient (Wildman–Crippen LogP) is 4.34. The molecule has 1 saturated heterocycles. The lowest BCUT2D eigenvalue weighted by atomic mass is 9.95. The summed E-state index contributed by atoms with van der Waals surface area (Å²) in [7, 11) is 2.00. The molecular weight excluding hydrogens is 372 g/mol. The highest BCUT2D eigenvalue weighted by Gasteiger charge is 2.49. The van der Waals surface area contributed by atoms with Crippen molar-refractivity contribution in [2.24, 2.45) is 7.05 Å². The van der Waals surface area contributed by atoms with Gasteiger partial charge in [-0.05, 0) is 43.0 Å². The maximum atomic E-state index is 12.0. The molecule has 142 valence electrons. The zero-order valence-corrected chi connectivity index (χ0v) is 16.5. The van der Waals surface area contributed by atoms with E-state index >= 15 is 0 Å². The van der Waals surface area contributed by atoms with Gasteiger partial charge in [-0.3, -0.25) is 4.79 Å². The third-order valence-electron chi connectivity index (χ3n) is 5.96. The van der Waals surface area contributed by atoms with Gasteiger partial charge in [-0.1, -0.05) is 41.9 Å². The molecule has 1 aliphatic heterocycles. The molecule has 1 saturated carbocycles. The summed E-state index contributed by atoms with van der Waals surface area (Å²) in [6.45, 7) is 0.752. The Balaban J connectivity index is 1.51. The Morgan fingerprint density at radius 1 is 1.07 bits per heavy atom. The Labute approximate surface area is 169 Å². The topological polar surface area (TPSA) is 51.0 Å². The van der Waals surface area contributed by atoms with E-state index in [2.05, 4.69) is 39.0 Å². The van der Waals surface area contributed by atoms with Crippen molar-refractivity contribution in [2.75, 3.05) is 11.4 Å². The summed E-state index contributed by atoms with van der Waals surface area (Å²) in [5.41, 5.74) is 2.92. The standard InChI is InChI=1S/C22H21ClN4O/c1-26-20(17-10-9-16(14-18(17)23)27-13-5-8-19(27)28)24-25-21(26)22(11-12-22)15-6-3-2-4-7-15/h2-4,6-7,9-10,14H,5,8,11-13H2,1H3. The minimum atomic E-state index is -0.0460. The number of amides is 1. The van der Waals surface area contributed by atoms with E-state index in [0.717, 1.165) is 48.7 Å². The number of carbonyl (C=O) groups excluding carboxylic acids is 1. The molecule has 1 aromatic heterocycles. The monoisotopic (exact) mass is 392 g/mol. The lowest BCUT2D eigenvalue weighted by molar-refractivity contribution is -0.117. The van der Waals surface area contributed by atoms with Crippen LogP contribution in [0.2, 0.25) is 5.02 Å². The van der Waals surface area contributed by atoms with Crippen molar-refractivity contribution < 1.29 is 4.79 Å². The van der Waals surface area contributed by atoms with Gasteiger partial charge >= 0.3 is 0 Å². The van der Waals surface area contributed by atoms with Crippen molar-refractivity contribution >= 4 is 23.2 Å². The van der Waals surface area contributed by atoms with E-state index in [9.17, 15) is 4.79 Å². The number of nitrogens with zero attached hydrogens (tertiary/aromatic N) is 4. The summed E-state index contributed by atoms with van der Waals surface area (Å²) in [6.07, 6.45) is 3.65. The number of rotatable bonds is 4. The van der Waals surface area contributed by atoms with Gasteiger partial charge in [-0.2, -0.15) is 0 Å². The van der Waals surface area contributed by atoms with Gasteiger partial charge in [0.15, 0.2) is 5.82 Å². The molecular formula is C22H21ClN4O. The highest BCUT2D eigenvalue weighted by atomic mass is 35.5. The quantitative estimate of drug-likeness (QED) is 0.663. The van der Waals surface area contributed by atoms with Crippen LogP contribution in [0.5, 0.6) is 0 Å². The van der Waals surface area contributed by atoms with Gasteiger partial charge in [0.1, 0.15) is 5.82 Å². The molecule has 5 nitrogen and oxygen atoms in total. The highest BCUT2D eigenvalue weighted by molar-refractivity contribution is 6.33. The van der Waals surface area contributed by atoms with Crippen molar-refractivity contribution in [3.8, 4) is 11.4 Å². The van der Waals surface area contributed by atoms with Crippen LogP contribution in [0, 0.1) is 0 Å². The smallest absolute Gasteiger partial charge is 0.227 e. The molecule has 28 heavy (non-hydrogen) atoms. The summed E-state index contributed by atoms with van der Waals surface area (Å²) in [5.74, 6) is 1.88. The minimum absolute atomic E-state index is 0.0460. The molecule has 0 spiro atoms. The Bertz CT molecular complexity index is 1060. The number of anilines is 1. The van der Waals surface area contributed by atoms with E-state index in [-0.39, 0.29) is 11.3 Å². The molecule has 0 bridgehead atoms. The van der Waals surface area contributed by atoms with Crippen molar-refractivity contribution in [1.29, 1.82) is 0 Å². The van der Waals surface area contributed by atoms with Crippen LogP contribution in [0.4, 0.5) is 5.69 Å². The summed E-state index contributed by atoms with van der Waals surface area (Å²) in [6, 6.07) is 16.3. The van der Waals surface area contributed by atoms with E-state index in [1.807, 2.05) is 31.3 Å². The van der Waals surface area contributed by atoms with Crippen molar-refractivity contribution in [3.63, 3.8) is 0 Å². The lowest BCUT2D eigenvalue weighted by Crippen LogP contribution is -2.23. The van der Waals surface area contributed by atoms with Gasteiger partial charge in [0.05, 0.1) is 10.4 Å². The highest BCUT2D eigenvalue weighted by Crippen LogP contribution is 2.53. The van der Waals surface area contributed by atoms with Gasteiger partial charge < -0.3 is 9.47 Å². The zero-order chi connectivity index (χ0) is 19.3. The van der Waals surface area contributed by atoms with E-state index in [1.54, 1.807) is 4.90 Å². The first-order chi connectivity index (χ1) is 13.6. The molecule has 2 fully saturated rings. The largest absolute Gasteiger partial charge is 0.313 e. The average molecular weight is 393 g/mol. The molecule has 0 radical (unpaired) electrons. The minimum Gasteiger partial charge on any atom is -0.313 e. The fourth-order valence-electron chi connectivity index (χ4n) is 4.28. The summed E-state index contributed by atoms with van der Waals surface area (Å²) >= 11 is 6.60. The number of hydrogen-bond acceptors (Lipinski definition) is 3. The molecule has 3 aromatic rings. The molecule has 0 unspecified atom stereocenters. The maximum absolute atomic E-state index is 12.0. The number of benzene rings is 2. The van der Waals surface area contributed by atoms with Gasteiger partial charge in [-0.25, -0.2) is 0 Å². The van der Waals surface area contributed by atoms with E-state index in [4.69, 9.17) is 11.6 Å². The van der Waals surface area contributed by atoms with Crippen LogP contribution in [0.15, 0.2) is 48.5 Å². The van der Waals surface area contributed by atoms with E-state index < -0.39 is 0 Å². The first-order valence-corrected chi connectivity index (χ1v) is 10.0. The Kier molecular flexibility index (Phi) is 4.02. The zero-order valence-electron chi connectivity index (χ0n) is 15.7. The molecule has 2 aromatic carbocycles. The molecule has 1 amide bonds. The van der Waals surface area contributed by atoms with Crippen LogP contribution in [-0.2, 0) is 17.3 Å². The van der Waals surface area contributed by atoms with Crippen molar-refractivity contribution in [1.82, 2.24) is 14.8 Å². The summed E-state index contributed by atoms with van der Waals surface area (Å²) in [4.78, 5) is 13.8. The second kappa shape index (κ2) is 6.45. The normalized spacial score (nSPS) is 17.9. The average Bonchev–Trinajstić information content (AvgIpc) is 3.26. The molecule has 2 aliphatic rings. The third kappa shape index (κ3) is 2.65. The second-order valence-electron chi connectivity index (χ2n) is 7.67. The lowest BCUT2D eigenvalue weighted by Gasteiger charge is -2.17. The first kappa shape index (κ1) is 17.4. The predicted molar refractivity (Wildman–Crippen MR) is 109 cm³/mol. The van der Waals surface area contributed by atoms with Crippen LogP contribution in [0.3, 0.4) is 0 Å². The van der Waals surface area contributed by atoms with Crippen molar-refractivity contribution in [2.45, 2.75) is 31.1 Å². The maximum Gasteiger partial charge on any atom is 0.227 e. The van der Waals surface area contributed by atoms with Crippen molar-refractivity contribution in [3.05, 3.63) is 64.9 Å². The number of halogens is 1. The SMILES string of the molecule is Cn1c(-c2ccc(N3CCCC3=O)cc2Cl)nnc1C1(c2ccccc2)CC1. The second-order valence-corrected chi connectivity index (χ2v) is 8.07. The Morgan fingerprint density at radius 3 is 2.50 bits per heavy atom. The van der Waals surface area contributed by atoms with Gasteiger partial charge in [-0.15, -0.1) is 10.2 Å². The molecule has 6 heteroatoms. The molecule has 0 N–H and O–H groups in total. The fourth-order valence-corrected chi connectivity index (χ4v) is 4.54. The van der Waals surface area contributed by atoms with Crippen LogP contribution < -0.4 is 4.90 Å². The van der Waals surface area contributed by atoms with E-state index in [0.29, 0.717) is 11.4 Å². The Hall–Kier alpha value is -2.66. The van der Waals surface area contributed by atoms with Crippen LogP contribution in [-0.4, -0.2) is 27.2 Å². The molecule has 2 heterocycles. The number of aromatic nitrogens is 3. The molecule has 5 rings (SSSR count). The molecule has 1 aliphatic carbocycles. The third-order valence-corrected chi connectivity index (χ3v) is 6.27. The number of carbonyl (C=O) groups is 1. The van der Waals surface area contributed by atoms with E-state index in [1.165, 1.54) is 5.56 Å². The van der Waals surface area contributed by atoms with Gasteiger partial charge in [0, 0.05) is 31.3 Å². The van der Waals surface area contributed by atoms with Crippen LogP contribution in [0.25, 0.3) is 11.4 Å². The fraction of sp³-hybridized carbons (Fsp3) is 0.318. The van der Waals surface area contributed by atoms with Gasteiger partial charge in [0.25, 0.3) is 0 Å².